The van der Waals surface area contributed by atoms with E-state index in [-0.39, 0.29) is 24.8 Å². The summed E-state index contributed by atoms with van der Waals surface area (Å²) in [4.78, 5) is 10.7. The monoisotopic (exact) mass is 215 g/mol. The van der Waals surface area contributed by atoms with Gasteiger partial charge in [-0.25, -0.2) is 0 Å². The van der Waals surface area contributed by atoms with Gasteiger partial charge in [0.05, 0.1) is 0 Å². The average molecular weight is 216 g/mol. The van der Waals surface area contributed by atoms with Crippen molar-refractivity contribution >= 4 is 30.7 Å². The van der Waals surface area contributed by atoms with Crippen LogP contribution in [0, 0.1) is 0 Å². The molecule has 0 aromatic heterocycles. The maximum absolute atomic E-state index is 10.7. The molecule has 0 aliphatic carbocycles. The van der Waals surface area contributed by atoms with Crippen LogP contribution in [0.4, 0.5) is 0 Å². The first-order valence-corrected chi connectivity index (χ1v) is 3.45. The van der Waals surface area contributed by atoms with Gasteiger partial charge in [-0.1, -0.05) is 0 Å². The number of carbonyl (C=O) groups excluding carboxylic acids is 1. The van der Waals surface area contributed by atoms with Crippen molar-refractivity contribution in [2.24, 2.45) is 11.5 Å². The number of rotatable bonds is 1. The number of nitrogens with two attached hydrogens (primary N) is 2. The molecule has 0 saturated carbocycles. The Kier molecular flexibility index (Phi) is 6.75. The van der Waals surface area contributed by atoms with Crippen LogP contribution < -0.4 is 16.8 Å². The van der Waals surface area contributed by atoms with Gasteiger partial charge in [-0.05, 0) is 19.4 Å². The molecule has 1 amide bonds. The van der Waals surface area contributed by atoms with Gasteiger partial charge in [-0.2, -0.15) is 0 Å². The van der Waals surface area contributed by atoms with E-state index in [0.717, 1.165) is 13.0 Å². The van der Waals surface area contributed by atoms with E-state index < -0.39 is 11.4 Å². The summed E-state index contributed by atoms with van der Waals surface area (Å²) < 4.78 is 0. The second-order valence-corrected chi connectivity index (χ2v) is 2.80. The zero-order valence-corrected chi connectivity index (χ0v) is 8.34. The molecular formula is C6H15Cl2N3O. The van der Waals surface area contributed by atoms with E-state index >= 15 is 0 Å². The highest BCUT2D eigenvalue weighted by molar-refractivity contribution is 5.85. The maximum atomic E-state index is 10.7. The lowest BCUT2D eigenvalue weighted by atomic mass is 9.91. The zero-order valence-electron chi connectivity index (χ0n) is 6.71. The zero-order chi connectivity index (χ0) is 7.61. The van der Waals surface area contributed by atoms with Crippen LogP contribution in [-0.2, 0) is 4.79 Å². The first-order chi connectivity index (χ1) is 4.65. The maximum Gasteiger partial charge on any atom is 0.238 e. The van der Waals surface area contributed by atoms with Gasteiger partial charge in [0.2, 0.25) is 5.91 Å². The van der Waals surface area contributed by atoms with Crippen molar-refractivity contribution in [3.8, 4) is 0 Å². The Bertz CT molecular complexity index is 148. The normalized spacial score (nSPS) is 28.1. The average Bonchev–Trinajstić information content (AvgIpc) is 1.89. The van der Waals surface area contributed by atoms with Crippen LogP contribution in [0.2, 0.25) is 0 Å². The third kappa shape index (κ3) is 3.15. The summed E-state index contributed by atoms with van der Waals surface area (Å²) in [6.45, 7) is 1.45. The van der Waals surface area contributed by atoms with Crippen molar-refractivity contribution in [3.05, 3.63) is 0 Å². The molecule has 1 aliphatic rings. The van der Waals surface area contributed by atoms with Gasteiger partial charge in [0.25, 0.3) is 0 Å². The summed E-state index contributed by atoms with van der Waals surface area (Å²) in [5.74, 6) is -0.403. The summed E-state index contributed by atoms with van der Waals surface area (Å²) in [5.41, 5.74) is 9.97. The molecule has 0 bridgehead atoms. The molecule has 1 rings (SSSR count). The first-order valence-electron chi connectivity index (χ1n) is 3.45. The molecule has 1 fully saturated rings. The fourth-order valence-corrected chi connectivity index (χ4v) is 1.14. The Labute approximate surface area is 84.3 Å². The molecule has 74 valence electrons. The summed E-state index contributed by atoms with van der Waals surface area (Å²) >= 11 is 0. The van der Waals surface area contributed by atoms with Gasteiger partial charge in [0.15, 0.2) is 0 Å². The van der Waals surface area contributed by atoms with E-state index in [4.69, 9.17) is 11.5 Å². The molecule has 1 atom stereocenters. The van der Waals surface area contributed by atoms with Gasteiger partial charge in [-0.15, -0.1) is 24.8 Å². The smallest absolute Gasteiger partial charge is 0.238 e. The van der Waals surface area contributed by atoms with Crippen molar-refractivity contribution in [1.29, 1.82) is 0 Å². The van der Waals surface area contributed by atoms with Crippen LogP contribution in [0.1, 0.15) is 12.8 Å². The molecule has 1 saturated heterocycles. The van der Waals surface area contributed by atoms with E-state index in [0.29, 0.717) is 13.0 Å². The minimum absolute atomic E-state index is 0. The third-order valence-electron chi connectivity index (χ3n) is 1.91. The van der Waals surface area contributed by atoms with Crippen molar-refractivity contribution < 1.29 is 4.79 Å². The molecule has 0 aromatic rings. The number of amides is 1. The summed E-state index contributed by atoms with van der Waals surface area (Å²) in [6.07, 6.45) is 1.63. The standard InChI is InChI=1S/C6H13N3O.2ClH/c7-5(10)6(8)2-1-3-9-4-6;;/h9H,1-4,8H2,(H2,7,10);2*1H. The highest BCUT2D eigenvalue weighted by Crippen LogP contribution is 2.11. The van der Waals surface area contributed by atoms with Crippen LogP contribution >= 0.6 is 24.8 Å². The Morgan fingerprint density at radius 2 is 2.00 bits per heavy atom. The van der Waals surface area contributed by atoms with Crippen LogP contribution in [0.5, 0.6) is 0 Å². The molecule has 0 radical (unpaired) electrons. The molecule has 1 unspecified atom stereocenters. The van der Waals surface area contributed by atoms with Crippen molar-refractivity contribution in [1.82, 2.24) is 5.32 Å². The highest BCUT2D eigenvalue weighted by Gasteiger charge is 2.32. The molecule has 1 aliphatic heterocycles. The number of nitrogens with one attached hydrogen (secondary N) is 1. The van der Waals surface area contributed by atoms with E-state index in [1.165, 1.54) is 0 Å². The van der Waals surface area contributed by atoms with Crippen LogP contribution in [0.15, 0.2) is 0 Å². The second kappa shape index (κ2) is 5.59. The lowest BCUT2D eigenvalue weighted by molar-refractivity contribution is -0.123. The van der Waals surface area contributed by atoms with E-state index in [9.17, 15) is 4.79 Å². The fraction of sp³-hybridized carbons (Fsp3) is 0.833. The number of carbonyl (C=O) groups is 1. The summed E-state index contributed by atoms with van der Waals surface area (Å²) in [7, 11) is 0. The van der Waals surface area contributed by atoms with Gasteiger partial charge >= 0.3 is 0 Å². The minimum atomic E-state index is -0.793. The van der Waals surface area contributed by atoms with Gasteiger partial charge in [0.1, 0.15) is 5.54 Å². The van der Waals surface area contributed by atoms with E-state index in [1.54, 1.807) is 0 Å². The van der Waals surface area contributed by atoms with Crippen LogP contribution in [0.25, 0.3) is 0 Å². The number of hydrogen-bond donors (Lipinski definition) is 3. The number of primary amides is 1. The highest BCUT2D eigenvalue weighted by atomic mass is 35.5. The first kappa shape index (κ1) is 14.5. The lowest BCUT2D eigenvalue weighted by Crippen LogP contribution is -2.60. The van der Waals surface area contributed by atoms with Crippen molar-refractivity contribution in [2.75, 3.05) is 13.1 Å². The lowest BCUT2D eigenvalue weighted by Gasteiger charge is -2.30. The molecule has 0 spiro atoms. The summed E-state index contributed by atoms with van der Waals surface area (Å²) in [6, 6.07) is 0. The Morgan fingerprint density at radius 3 is 2.25 bits per heavy atom. The molecule has 5 N–H and O–H groups in total. The molecule has 0 aromatic carbocycles. The van der Waals surface area contributed by atoms with Crippen molar-refractivity contribution in [2.45, 2.75) is 18.4 Å². The van der Waals surface area contributed by atoms with Gasteiger partial charge < -0.3 is 16.8 Å². The quantitative estimate of drug-likeness (QED) is 0.547. The Hall–Kier alpha value is -0.0300. The minimum Gasteiger partial charge on any atom is -0.368 e. The fourth-order valence-electron chi connectivity index (χ4n) is 1.14. The second-order valence-electron chi connectivity index (χ2n) is 2.80. The van der Waals surface area contributed by atoms with Gasteiger partial charge in [0, 0.05) is 6.54 Å². The number of piperidine rings is 1. The Balaban J connectivity index is 0. The molecular weight excluding hydrogens is 201 g/mol. The number of hydrogen-bond acceptors (Lipinski definition) is 3. The van der Waals surface area contributed by atoms with Gasteiger partial charge in [-0.3, -0.25) is 4.79 Å². The molecule has 1 heterocycles. The third-order valence-corrected chi connectivity index (χ3v) is 1.91. The SMILES string of the molecule is Cl.Cl.NC(=O)C1(N)CCCNC1. The van der Waals surface area contributed by atoms with Crippen molar-refractivity contribution in [3.63, 3.8) is 0 Å². The van der Waals surface area contributed by atoms with E-state index in [1.807, 2.05) is 0 Å². The molecule has 4 nitrogen and oxygen atoms in total. The molecule has 12 heavy (non-hydrogen) atoms. The molecule has 6 heteroatoms. The van der Waals surface area contributed by atoms with E-state index in [2.05, 4.69) is 5.32 Å². The predicted octanol–water partition coefficient (Wildman–Crippen LogP) is -0.604. The van der Waals surface area contributed by atoms with Crippen LogP contribution in [-0.4, -0.2) is 24.5 Å². The largest absolute Gasteiger partial charge is 0.368 e. The summed E-state index contributed by atoms with van der Waals surface area (Å²) in [5, 5.41) is 3.03. The topological polar surface area (TPSA) is 81.1 Å². The predicted molar refractivity (Wildman–Crippen MR) is 52.7 cm³/mol. The van der Waals surface area contributed by atoms with Crippen LogP contribution in [0.3, 0.4) is 0 Å². The Morgan fingerprint density at radius 1 is 1.42 bits per heavy atom. The number of halogens is 2.